The van der Waals surface area contributed by atoms with Gasteiger partial charge >= 0.3 is 6.18 Å². The van der Waals surface area contributed by atoms with Crippen molar-refractivity contribution in [2.24, 2.45) is 0 Å². The van der Waals surface area contributed by atoms with Gasteiger partial charge in [0.05, 0.1) is 19.2 Å². The van der Waals surface area contributed by atoms with E-state index in [0.29, 0.717) is 38.4 Å². The van der Waals surface area contributed by atoms with Crippen LogP contribution in [0.1, 0.15) is 11.1 Å². The van der Waals surface area contributed by atoms with Gasteiger partial charge in [-0.25, -0.2) is 0 Å². The molecule has 1 N–H and O–H groups in total. The van der Waals surface area contributed by atoms with E-state index in [0.717, 1.165) is 17.4 Å². The molecule has 1 amide bonds. The third-order valence-electron chi connectivity index (χ3n) is 4.95. The molecule has 0 bridgehead atoms. The number of hydrogen-bond acceptors (Lipinski definition) is 4. The summed E-state index contributed by atoms with van der Waals surface area (Å²) in [6.07, 6.45) is -4.35. The van der Waals surface area contributed by atoms with E-state index in [-0.39, 0.29) is 12.5 Å². The Morgan fingerprint density at radius 2 is 1.79 bits per heavy atom. The summed E-state index contributed by atoms with van der Waals surface area (Å²) < 4.78 is 44.0. The molecule has 0 saturated carbocycles. The van der Waals surface area contributed by atoms with Crippen molar-refractivity contribution in [1.29, 1.82) is 0 Å². The predicted octanol–water partition coefficient (Wildman–Crippen LogP) is 3.15. The summed E-state index contributed by atoms with van der Waals surface area (Å²) in [6.45, 7) is 3.00. The lowest BCUT2D eigenvalue weighted by molar-refractivity contribution is -0.137. The number of para-hydroxylation sites is 1. The molecule has 2 aromatic rings. The van der Waals surface area contributed by atoms with Crippen LogP contribution in [0.25, 0.3) is 0 Å². The molecule has 3 rings (SSSR count). The number of ether oxygens (including phenoxy) is 1. The van der Waals surface area contributed by atoms with E-state index in [1.54, 1.807) is 13.2 Å². The monoisotopic (exact) mass is 407 g/mol. The Balaban J connectivity index is 1.48. The molecule has 2 aromatic carbocycles. The number of amides is 1. The first kappa shape index (κ1) is 21.0. The Hall–Kier alpha value is -2.74. The number of benzene rings is 2. The predicted molar refractivity (Wildman–Crippen MR) is 105 cm³/mol. The number of rotatable bonds is 6. The molecule has 1 aliphatic heterocycles. The van der Waals surface area contributed by atoms with Gasteiger partial charge in [-0.2, -0.15) is 13.2 Å². The van der Waals surface area contributed by atoms with E-state index in [1.807, 2.05) is 34.1 Å². The number of nitrogens with zero attached hydrogens (tertiary/aromatic N) is 2. The first-order chi connectivity index (χ1) is 13.9. The first-order valence-corrected chi connectivity index (χ1v) is 9.40. The number of alkyl halides is 3. The Morgan fingerprint density at radius 1 is 1.07 bits per heavy atom. The highest BCUT2D eigenvalue weighted by molar-refractivity contribution is 5.78. The van der Waals surface area contributed by atoms with E-state index in [1.165, 1.54) is 12.1 Å². The Morgan fingerprint density at radius 3 is 2.48 bits per heavy atom. The lowest BCUT2D eigenvalue weighted by Gasteiger charge is -2.36. The van der Waals surface area contributed by atoms with Crippen LogP contribution in [0, 0.1) is 0 Å². The van der Waals surface area contributed by atoms with Crippen molar-refractivity contribution in [3.8, 4) is 5.75 Å². The molecule has 1 aliphatic rings. The lowest BCUT2D eigenvalue weighted by atomic mass is 10.1. The van der Waals surface area contributed by atoms with Crippen molar-refractivity contribution in [3.05, 3.63) is 59.7 Å². The second-order valence-corrected chi connectivity index (χ2v) is 6.90. The maximum atomic E-state index is 12.9. The maximum absolute atomic E-state index is 12.9. The van der Waals surface area contributed by atoms with Crippen LogP contribution in [-0.2, 0) is 17.5 Å². The third-order valence-corrected chi connectivity index (χ3v) is 4.95. The van der Waals surface area contributed by atoms with E-state index in [9.17, 15) is 18.0 Å². The molecule has 0 aromatic heterocycles. The average molecular weight is 407 g/mol. The maximum Gasteiger partial charge on any atom is 0.416 e. The third kappa shape index (κ3) is 5.63. The summed E-state index contributed by atoms with van der Waals surface area (Å²) in [5, 5.41) is 2.89. The Kier molecular flexibility index (Phi) is 6.64. The van der Waals surface area contributed by atoms with Gasteiger partial charge in [0.25, 0.3) is 0 Å². The van der Waals surface area contributed by atoms with E-state index in [2.05, 4.69) is 5.32 Å². The fraction of sp³-hybridized carbons (Fsp3) is 0.381. The lowest BCUT2D eigenvalue weighted by Crippen LogP contribution is -2.49. The van der Waals surface area contributed by atoms with Crippen molar-refractivity contribution < 1.29 is 22.7 Å². The number of halogens is 3. The van der Waals surface area contributed by atoms with Crippen LogP contribution >= 0.6 is 0 Å². The number of carbonyl (C=O) groups is 1. The molecule has 1 heterocycles. The molecule has 0 aliphatic carbocycles. The van der Waals surface area contributed by atoms with Gasteiger partial charge in [-0.1, -0.05) is 24.3 Å². The van der Waals surface area contributed by atoms with Gasteiger partial charge < -0.3 is 15.0 Å². The molecule has 29 heavy (non-hydrogen) atoms. The minimum Gasteiger partial charge on any atom is -0.496 e. The topological polar surface area (TPSA) is 44.8 Å². The highest BCUT2D eigenvalue weighted by Gasteiger charge is 2.31. The Labute approximate surface area is 168 Å². The molecular weight excluding hydrogens is 383 g/mol. The number of anilines is 1. The normalized spacial score (nSPS) is 15.2. The van der Waals surface area contributed by atoms with E-state index < -0.39 is 11.7 Å². The van der Waals surface area contributed by atoms with Gasteiger partial charge in [-0.05, 0) is 24.3 Å². The summed E-state index contributed by atoms with van der Waals surface area (Å²) in [4.78, 5) is 16.2. The van der Waals surface area contributed by atoms with Crippen LogP contribution in [0.5, 0.6) is 5.75 Å². The number of methoxy groups -OCH3 is 1. The average Bonchev–Trinajstić information content (AvgIpc) is 2.72. The van der Waals surface area contributed by atoms with Crippen molar-refractivity contribution in [2.45, 2.75) is 12.7 Å². The summed E-state index contributed by atoms with van der Waals surface area (Å²) >= 11 is 0. The number of carbonyl (C=O) groups excluding carboxylic acids is 1. The first-order valence-electron chi connectivity index (χ1n) is 9.40. The van der Waals surface area contributed by atoms with Gasteiger partial charge in [-0.3, -0.25) is 9.69 Å². The minimum absolute atomic E-state index is 0.0941. The molecule has 0 atom stereocenters. The van der Waals surface area contributed by atoms with Crippen molar-refractivity contribution in [2.75, 3.05) is 44.7 Å². The molecule has 8 heteroatoms. The quantitative estimate of drug-likeness (QED) is 0.799. The summed E-state index contributed by atoms with van der Waals surface area (Å²) in [7, 11) is 1.59. The van der Waals surface area contributed by atoms with Crippen molar-refractivity contribution in [3.63, 3.8) is 0 Å². The zero-order chi connectivity index (χ0) is 20.9. The summed E-state index contributed by atoms with van der Waals surface area (Å²) in [6, 6.07) is 12.9. The summed E-state index contributed by atoms with van der Waals surface area (Å²) in [5.41, 5.74) is 0.811. The second-order valence-electron chi connectivity index (χ2n) is 6.90. The van der Waals surface area contributed by atoms with Gasteiger partial charge in [0.15, 0.2) is 0 Å². The molecule has 1 fully saturated rings. The van der Waals surface area contributed by atoms with Crippen molar-refractivity contribution in [1.82, 2.24) is 10.2 Å². The van der Waals surface area contributed by atoms with Gasteiger partial charge in [0.2, 0.25) is 5.91 Å². The molecule has 0 radical (unpaired) electrons. The van der Waals surface area contributed by atoms with Crippen molar-refractivity contribution >= 4 is 11.6 Å². The van der Waals surface area contributed by atoms with Gasteiger partial charge in [0, 0.05) is 44.0 Å². The molecule has 1 saturated heterocycles. The summed E-state index contributed by atoms with van der Waals surface area (Å²) in [5.74, 6) is 0.630. The molecular formula is C21H24F3N3O2. The highest BCUT2D eigenvalue weighted by Crippen LogP contribution is 2.31. The fourth-order valence-electron chi connectivity index (χ4n) is 3.34. The standard InChI is InChI=1S/C21H24F3N3O2/c1-29-19-8-3-2-5-16(19)14-25-20(28)15-26-9-11-27(12-10-26)18-7-4-6-17(13-18)21(22,23)24/h2-8,13H,9-12,14-15H2,1H3,(H,25,28). The Bertz CT molecular complexity index is 834. The number of nitrogens with one attached hydrogen (secondary N) is 1. The van der Waals surface area contributed by atoms with Crippen LogP contribution < -0.4 is 15.0 Å². The molecule has 5 nitrogen and oxygen atoms in total. The fourth-order valence-corrected chi connectivity index (χ4v) is 3.34. The SMILES string of the molecule is COc1ccccc1CNC(=O)CN1CCN(c2cccc(C(F)(F)F)c2)CC1. The second kappa shape index (κ2) is 9.17. The van der Waals surface area contributed by atoms with Crippen LogP contribution in [0.3, 0.4) is 0 Å². The molecule has 0 unspecified atom stereocenters. The largest absolute Gasteiger partial charge is 0.496 e. The van der Waals surface area contributed by atoms with Crippen LogP contribution in [0.15, 0.2) is 48.5 Å². The van der Waals surface area contributed by atoms with Crippen LogP contribution in [0.2, 0.25) is 0 Å². The highest BCUT2D eigenvalue weighted by atomic mass is 19.4. The van der Waals surface area contributed by atoms with E-state index in [4.69, 9.17) is 4.74 Å². The van der Waals surface area contributed by atoms with Crippen LogP contribution in [0.4, 0.5) is 18.9 Å². The number of hydrogen-bond donors (Lipinski definition) is 1. The number of piperazine rings is 1. The van der Waals surface area contributed by atoms with Gasteiger partial charge in [-0.15, -0.1) is 0 Å². The smallest absolute Gasteiger partial charge is 0.416 e. The zero-order valence-corrected chi connectivity index (χ0v) is 16.2. The van der Waals surface area contributed by atoms with E-state index >= 15 is 0 Å². The van der Waals surface area contributed by atoms with Gasteiger partial charge in [0.1, 0.15) is 5.75 Å². The molecule has 156 valence electrons. The van der Waals surface area contributed by atoms with Crippen LogP contribution in [-0.4, -0.2) is 50.6 Å². The molecule has 0 spiro atoms. The minimum atomic E-state index is -4.35. The zero-order valence-electron chi connectivity index (χ0n) is 16.2.